The fourth-order valence-corrected chi connectivity index (χ4v) is 11.7. The zero-order valence-corrected chi connectivity index (χ0v) is 38.2. The molecule has 0 unspecified atom stereocenters. The van der Waals surface area contributed by atoms with Crippen LogP contribution >= 0.6 is 0 Å². The lowest BCUT2D eigenvalue weighted by atomic mass is 9.52. The Balaban J connectivity index is 0.853. The second-order valence-electron chi connectivity index (χ2n) is 19.4. The molecule has 8 nitrogen and oxygen atoms in total. The van der Waals surface area contributed by atoms with E-state index in [1.165, 1.54) is 12.8 Å². The molecule has 0 amide bonds. The van der Waals surface area contributed by atoms with Gasteiger partial charge in [0.2, 0.25) is 11.6 Å². The third kappa shape index (κ3) is 10.2. The average molecular weight is 885 g/mol. The van der Waals surface area contributed by atoms with Crippen molar-refractivity contribution in [2.24, 2.45) is 11.8 Å². The van der Waals surface area contributed by atoms with E-state index in [1.54, 1.807) is 0 Å². The summed E-state index contributed by atoms with van der Waals surface area (Å²) < 4.78 is 13.8. The summed E-state index contributed by atoms with van der Waals surface area (Å²) >= 11 is 0. The molecular formula is C58H64N2O6+2. The van der Waals surface area contributed by atoms with Crippen molar-refractivity contribution in [3.63, 3.8) is 0 Å². The summed E-state index contributed by atoms with van der Waals surface area (Å²) in [6, 6.07) is 48.0. The molecule has 0 atom stereocenters. The number of ether oxygens (including phenoxy) is 2. The monoisotopic (exact) mass is 884 g/mol. The third-order valence-corrected chi connectivity index (χ3v) is 15.1. The molecule has 1 aliphatic carbocycles. The van der Waals surface area contributed by atoms with Crippen molar-refractivity contribution in [2.75, 3.05) is 65.6 Å². The molecule has 0 N–H and O–H groups in total. The van der Waals surface area contributed by atoms with Crippen LogP contribution in [0.25, 0.3) is 21.5 Å². The van der Waals surface area contributed by atoms with Gasteiger partial charge >= 0.3 is 11.9 Å². The van der Waals surface area contributed by atoms with Crippen LogP contribution in [0.4, 0.5) is 0 Å². The van der Waals surface area contributed by atoms with Crippen LogP contribution in [0, 0.1) is 11.8 Å². The number of hydrogen-bond donors (Lipinski definition) is 0. The van der Waals surface area contributed by atoms with Crippen molar-refractivity contribution < 1.29 is 37.6 Å². The summed E-state index contributed by atoms with van der Waals surface area (Å²) in [7, 11) is 0. The lowest BCUT2D eigenvalue weighted by molar-refractivity contribution is -0.924. The van der Waals surface area contributed by atoms with Gasteiger partial charge in [-0.1, -0.05) is 133 Å². The number of benzene rings is 6. The first-order chi connectivity index (χ1) is 32.3. The van der Waals surface area contributed by atoms with E-state index in [9.17, 15) is 19.2 Å². The van der Waals surface area contributed by atoms with Crippen molar-refractivity contribution in [2.45, 2.75) is 63.2 Å². The SMILES string of the molecule is O=C(C[N+]1(CCCOC(=O)C2C(c3ccccc3)C(C(=O)OCCC[N+]3(CC(=O)c4ccc5ccccc5c4)CCCCC3)C2c2ccccc2)CCCCC1)c1ccc2ccccc2c1. The van der Waals surface area contributed by atoms with Gasteiger partial charge in [-0.05, 0) is 83.3 Å². The standard InChI is InChI=1S/C58H64N2O6/c61-51(49-29-27-43-19-9-11-25-47(43)39-49)41-59(31-13-3-14-32-59)35-17-37-65-57(63)55-53(45-21-5-1-6-22-45)56(54(55)46-23-7-2-8-24-46)58(64)66-38-18-36-60(33-15-4-16-34-60)42-52(62)50-30-28-44-20-10-12-26-48(44)40-50/h1-2,5-12,19-30,39-40,53-56H,3-4,13-18,31-38,41-42H2/q+2. The Bertz CT molecular complexity index is 2440. The number of piperidine rings is 2. The van der Waals surface area contributed by atoms with Gasteiger partial charge in [0.25, 0.3) is 0 Å². The molecule has 0 radical (unpaired) electrons. The minimum Gasteiger partial charge on any atom is -0.465 e. The Morgan fingerprint density at radius 3 is 1.18 bits per heavy atom. The highest BCUT2D eigenvalue weighted by molar-refractivity contribution is 6.01. The minimum absolute atomic E-state index is 0.156. The molecule has 6 aromatic carbocycles. The number of hydrogen-bond acceptors (Lipinski definition) is 6. The Morgan fingerprint density at radius 2 is 0.788 bits per heavy atom. The third-order valence-electron chi connectivity index (χ3n) is 15.1. The molecule has 66 heavy (non-hydrogen) atoms. The smallest absolute Gasteiger partial charge is 0.310 e. The molecular weight excluding hydrogens is 821 g/mol. The largest absolute Gasteiger partial charge is 0.465 e. The summed E-state index contributed by atoms with van der Waals surface area (Å²) in [5.41, 5.74) is 3.33. The van der Waals surface area contributed by atoms with E-state index in [4.69, 9.17) is 9.47 Å². The van der Waals surface area contributed by atoms with Crippen molar-refractivity contribution in [1.82, 2.24) is 0 Å². The van der Waals surface area contributed by atoms with Crippen molar-refractivity contribution in [1.29, 1.82) is 0 Å². The van der Waals surface area contributed by atoms with Crippen LogP contribution < -0.4 is 0 Å². The predicted molar refractivity (Wildman–Crippen MR) is 260 cm³/mol. The highest BCUT2D eigenvalue weighted by Gasteiger charge is 2.59. The van der Waals surface area contributed by atoms with Gasteiger partial charge in [-0.3, -0.25) is 19.2 Å². The summed E-state index contributed by atoms with van der Waals surface area (Å²) in [6.07, 6.45) is 7.94. The van der Waals surface area contributed by atoms with Gasteiger partial charge in [0.15, 0.2) is 0 Å². The van der Waals surface area contributed by atoms with Gasteiger partial charge in [-0.2, -0.15) is 0 Å². The second-order valence-corrected chi connectivity index (χ2v) is 19.4. The molecule has 2 heterocycles. The normalized spacial score (nSPS) is 21.1. The van der Waals surface area contributed by atoms with E-state index in [0.29, 0.717) is 34.9 Å². The van der Waals surface area contributed by atoms with Gasteiger partial charge < -0.3 is 18.4 Å². The van der Waals surface area contributed by atoms with Gasteiger partial charge in [0.1, 0.15) is 13.1 Å². The number of carbonyl (C=O) groups excluding carboxylic acids is 4. The Morgan fingerprint density at radius 1 is 0.424 bits per heavy atom. The van der Waals surface area contributed by atoms with Crippen LogP contribution in [-0.2, 0) is 19.1 Å². The number of nitrogens with zero attached hydrogens (tertiary/aromatic N) is 2. The number of ketones is 2. The number of esters is 2. The average Bonchev–Trinajstić information content (AvgIpc) is 3.35. The van der Waals surface area contributed by atoms with E-state index in [-0.39, 0.29) is 36.7 Å². The fourth-order valence-electron chi connectivity index (χ4n) is 11.7. The first kappa shape index (κ1) is 45.2. The fraction of sp³-hybridized carbons (Fsp3) is 0.379. The highest BCUT2D eigenvalue weighted by Crippen LogP contribution is 2.58. The maximum Gasteiger partial charge on any atom is 0.310 e. The summed E-state index contributed by atoms with van der Waals surface area (Å²) in [5, 5.41) is 4.38. The molecule has 0 bridgehead atoms. The van der Waals surface area contributed by atoms with Crippen molar-refractivity contribution in [3.05, 3.63) is 168 Å². The van der Waals surface area contributed by atoms with Crippen LogP contribution in [0.3, 0.4) is 0 Å². The maximum atomic E-state index is 14.4. The lowest BCUT2D eigenvalue weighted by Crippen LogP contribution is -2.55. The summed E-state index contributed by atoms with van der Waals surface area (Å²) in [4.78, 5) is 56.5. The molecule has 3 aliphatic rings. The molecule has 0 spiro atoms. The van der Waals surface area contributed by atoms with Gasteiger partial charge in [-0.25, -0.2) is 0 Å². The first-order valence-corrected chi connectivity index (χ1v) is 24.5. The van der Waals surface area contributed by atoms with E-state index in [0.717, 1.165) is 109 Å². The number of fused-ring (bicyclic) bond motifs is 2. The van der Waals surface area contributed by atoms with Crippen LogP contribution in [0.2, 0.25) is 0 Å². The molecule has 6 aromatic rings. The highest BCUT2D eigenvalue weighted by atomic mass is 16.5. The van der Waals surface area contributed by atoms with Crippen LogP contribution in [0.5, 0.6) is 0 Å². The number of carbonyl (C=O) groups is 4. The summed E-state index contributed by atoms with van der Waals surface area (Å²) in [6.45, 7) is 6.65. The predicted octanol–water partition coefficient (Wildman–Crippen LogP) is 10.7. The van der Waals surface area contributed by atoms with E-state index < -0.39 is 23.7 Å². The van der Waals surface area contributed by atoms with E-state index >= 15 is 0 Å². The zero-order valence-electron chi connectivity index (χ0n) is 38.2. The van der Waals surface area contributed by atoms with Gasteiger partial charge in [0, 0.05) is 35.8 Å². The molecule has 3 fully saturated rings. The molecule has 2 aliphatic heterocycles. The Kier molecular flexibility index (Phi) is 14.2. The minimum atomic E-state index is -0.566. The maximum absolute atomic E-state index is 14.4. The number of Topliss-reactive ketones (excluding diaryl/α,β-unsaturated/α-hetero) is 2. The molecule has 8 heteroatoms. The lowest BCUT2D eigenvalue weighted by Gasteiger charge is -2.49. The molecule has 2 saturated heterocycles. The summed E-state index contributed by atoms with van der Waals surface area (Å²) in [5.74, 6) is -2.23. The van der Waals surface area contributed by atoms with E-state index in [2.05, 4.69) is 24.3 Å². The molecule has 0 aromatic heterocycles. The van der Waals surface area contributed by atoms with Crippen LogP contribution in [-0.4, -0.2) is 98.0 Å². The van der Waals surface area contributed by atoms with Crippen molar-refractivity contribution in [3.8, 4) is 0 Å². The van der Waals surface area contributed by atoms with E-state index in [1.807, 2.05) is 121 Å². The van der Waals surface area contributed by atoms with Crippen LogP contribution in [0.15, 0.2) is 146 Å². The quantitative estimate of drug-likeness (QED) is 0.0370. The van der Waals surface area contributed by atoms with Crippen LogP contribution in [0.1, 0.15) is 95.0 Å². The molecule has 9 rings (SSSR count). The second kappa shape index (κ2) is 20.7. The number of rotatable bonds is 18. The van der Waals surface area contributed by atoms with Gasteiger partial charge in [-0.15, -0.1) is 0 Å². The Labute approximate surface area is 389 Å². The number of quaternary nitrogens is 2. The number of likely N-dealkylation sites (tertiary alicyclic amines) is 2. The zero-order chi connectivity index (χ0) is 45.4. The Hall–Kier alpha value is -5.96. The molecule has 1 saturated carbocycles. The van der Waals surface area contributed by atoms with Gasteiger partial charge in [0.05, 0.1) is 64.3 Å². The first-order valence-electron chi connectivity index (χ1n) is 24.5. The van der Waals surface area contributed by atoms with Crippen molar-refractivity contribution >= 4 is 45.0 Å². The topological polar surface area (TPSA) is 86.7 Å². The molecule has 340 valence electrons.